The van der Waals surface area contributed by atoms with Gasteiger partial charge in [-0.1, -0.05) is 20.3 Å². The van der Waals surface area contributed by atoms with Crippen molar-refractivity contribution in [3.63, 3.8) is 0 Å². The van der Waals surface area contributed by atoms with Gasteiger partial charge in [-0.15, -0.1) is 0 Å². The zero-order valence-corrected chi connectivity index (χ0v) is 6.59. The van der Waals surface area contributed by atoms with E-state index in [4.69, 9.17) is 0 Å². The standard InChI is InChI=1S/C8H16N/c1-4-8-6(2)5-9-7(8)3/h6-8H,4-5H2,1-3H3. The molecule has 1 aliphatic heterocycles. The van der Waals surface area contributed by atoms with Gasteiger partial charge in [0.15, 0.2) is 0 Å². The van der Waals surface area contributed by atoms with Gasteiger partial charge in [0.1, 0.15) is 0 Å². The van der Waals surface area contributed by atoms with Gasteiger partial charge in [0.2, 0.25) is 0 Å². The van der Waals surface area contributed by atoms with Crippen molar-refractivity contribution < 1.29 is 0 Å². The third-order valence-corrected chi connectivity index (χ3v) is 2.50. The first kappa shape index (κ1) is 7.07. The van der Waals surface area contributed by atoms with Crippen LogP contribution in [0, 0.1) is 11.8 Å². The summed E-state index contributed by atoms with van der Waals surface area (Å²) in [5, 5.41) is 4.47. The van der Waals surface area contributed by atoms with Crippen LogP contribution in [0.3, 0.4) is 0 Å². The van der Waals surface area contributed by atoms with Crippen molar-refractivity contribution in [3.8, 4) is 0 Å². The van der Waals surface area contributed by atoms with Crippen LogP contribution < -0.4 is 5.32 Å². The smallest absolute Gasteiger partial charge is 0.0249 e. The monoisotopic (exact) mass is 126 g/mol. The molecule has 1 heteroatoms. The molecule has 1 rings (SSSR count). The molecule has 0 aliphatic carbocycles. The SMILES string of the molecule is CCC1C(C)C[N]C1C. The fourth-order valence-corrected chi connectivity index (χ4v) is 1.82. The molecule has 0 saturated carbocycles. The maximum absolute atomic E-state index is 4.47. The Bertz CT molecular complexity index is 80.6. The van der Waals surface area contributed by atoms with Gasteiger partial charge in [-0.25, -0.2) is 5.32 Å². The first-order chi connectivity index (χ1) is 4.25. The summed E-state index contributed by atoms with van der Waals surface area (Å²) in [6, 6.07) is 0.630. The second-order valence-corrected chi connectivity index (χ2v) is 3.16. The third-order valence-electron chi connectivity index (χ3n) is 2.50. The largest absolute Gasteiger partial charge is 0.238 e. The summed E-state index contributed by atoms with van der Waals surface area (Å²) in [4.78, 5) is 0. The first-order valence-corrected chi connectivity index (χ1v) is 3.92. The highest BCUT2D eigenvalue weighted by molar-refractivity contribution is 4.83. The summed E-state index contributed by atoms with van der Waals surface area (Å²) >= 11 is 0. The second-order valence-electron chi connectivity index (χ2n) is 3.16. The van der Waals surface area contributed by atoms with E-state index in [1.54, 1.807) is 0 Å². The van der Waals surface area contributed by atoms with E-state index in [0.717, 1.165) is 18.4 Å². The topological polar surface area (TPSA) is 14.1 Å². The zero-order chi connectivity index (χ0) is 6.85. The Labute approximate surface area is 57.8 Å². The molecule has 3 atom stereocenters. The average molecular weight is 126 g/mol. The van der Waals surface area contributed by atoms with Crippen LogP contribution in [0.5, 0.6) is 0 Å². The molecule has 0 bridgehead atoms. The van der Waals surface area contributed by atoms with Crippen LogP contribution in [0.4, 0.5) is 0 Å². The predicted molar refractivity (Wildman–Crippen MR) is 39.4 cm³/mol. The zero-order valence-electron chi connectivity index (χ0n) is 6.59. The Morgan fingerprint density at radius 1 is 1.44 bits per heavy atom. The molecule has 0 aromatic rings. The molecule has 53 valence electrons. The molecular weight excluding hydrogens is 110 g/mol. The van der Waals surface area contributed by atoms with E-state index < -0.39 is 0 Å². The highest BCUT2D eigenvalue weighted by Gasteiger charge is 2.28. The Morgan fingerprint density at radius 3 is 2.33 bits per heavy atom. The number of nitrogens with zero attached hydrogens (tertiary/aromatic N) is 1. The lowest BCUT2D eigenvalue weighted by Gasteiger charge is -2.14. The van der Waals surface area contributed by atoms with Gasteiger partial charge in [-0.2, -0.15) is 0 Å². The fraction of sp³-hybridized carbons (Fsp3) is 1.00. The Balaban J connectivity index is 2.44. The van der Waals surface area contributed by atoms with E-state index >= 15 is 0 Å². The summed E-state index contributed by atoms with van der Waals surface area (Å²) in [6.45, 7) is 7.90. The van der Waals surface area contributed by atoms with Crippen molar-refractivity contribution >= 4 is 0 Å². The van der Waals surface area contributed by atoms with Crippen LogP contribution in [0.15, 0.2) is 0 Å². The van der Waals surface area contributed by atoms with Crippen molar-refractivity contribution in [3.05, 3.63) is 0 Å². The molecule has 1 saturated heterocycles. The Morgan fingerprint density at radius 2 is 2.11 bits per heavy atom. The molecule has 3 unspecified atom stereocenters. The van der Waals surface area contributed by atoms with Crippen molar-refractivity contribution in [2.24, 2.45) is 11.8 Å². The van der Waals surface area contributed by atoms with Gasteiger partial charge in [-0.3, -0.25) is 0 Å². The number of rotatable bonds is 1. The van der Waals surface area contributed by atoms with Crippen LogP contribution in [0.2, 0.25) is 0 Å². The van der Waals surface area contributed by atoms with Gasteiger partial charge in [0.05, 0.1) is 0 Å². The van der Waals surface area contributed by atoms with Crippen molar-refractivity contribution in [2.45, 2.75) is 33.2 Å². The van der Waals surface area contributed by atoms with Crippen LogP contribution in [-0.4, -0.2) is 12.6 Å². The molecule has 0 spiro atoms. The lowest BCUT2D eigenvalue weighted by Crippen LogP contribution is -2.17. The van der Waals surface area contributed by atoms with Crippen LogP contribution >= 0.6 is 0 Å². The van der Waals surface area contributed by atoms with Gasteiger partial charge in [0, 0.05) is 12.6 Å². The van der Waals surface area contributed by atoms with Crippen LogP contribution in [0.25, 0.3) is 0 Å². The van der Waals surface area contributed by atoms with E-state index in [0.29, 0.717) is 6.04 Å². The van der Waals surface area contributed by atoms with Crippen molar-refractivity contribution in [1.29, 1.82) is 0 Å². The minimum absolute atomic E-state index is 0.630. The first-order valence-electron chi connectivity index (χ1n) is 3.92. The van der Waals surface area contributed by atoms with E-state index in [1.165, 1.54) is 6.42 Å². The normalized spacial score (nSPS) is 43.7. The molecule has 1 heterocycles. The molecule has 0 N–H and O–H groups in total. The Kier molecular flexibility index (Phi) is 2.12. The molecule has 1 radical (unpaired) electrons. The van der Waals surface area contributed by atoms with Gasteiger partial charge in [-0.05, 0) is 18.8 Å². The van der Waals surface area contributed by atoms with E-state index in [-0.39, 0.29) is 0 Å². The summed E-state index contributed by atoms with van der Waals surface area (Å²) in [6.07, 6.45) is 1.30. The summed E-state index contributed by atoms with van der Waals surface area (Å²) in [5.74, 6) is 1.70. The molecule has 1 nitrogen and oxygen atoms in total. The third kappa shape index (κ3) is 1.26. The molecule has 1 fully saturated rings. The highest BCUT2D eigenvalue weighted by Crippen LogP contribution is 2.25. The van der Waals surface area contributed by atoms with Crippen LogP contribution in [-0.2, 0) is 0 Å². The Hall–Kier alpha value is -0.0400. The molecular formula is C8H16N. The number of hydrogen-bond acceptors (Lipinski definition) is 0. The second kappa shape index (κ2) is 2.70. The minimum atomic E-state index is 0.630. The van der Waals surface area contributed by atoms with E-state index in [2.05, 4.69) is 26.1 Å². The predicted octanol–water partition coefficient (Wildman–Crippen LogP) is 1.66. The minimum Gasteiger partial charge on any atom is -0.238 e. The van der Waals surface area contributed by atoms with E-state index in [1.807, 2.05) is 0 Å². The lowest BCUT2D eigenvalue weighted by molar-refractivity contribution is 0.385. The fourth-order valence-electron chi connectivity index (χ4n) is 1.82. The number of hydrogen-bond donors (Lipinski definition) is 0. The lowest BCUT2D eigenvalue weighted by atomic mass is 9.91. The van der Waals surface area contributed by atoms with Gasteiger partial charge < -0.3 is 0 Å². The maximum atomic E-state index is 4.47. The van der Waals surface area contributed by atoms with Crippen LogP contribution in [0.1, 0.15) is 27.2 Å². The molecule has 0 aromatic carbocycles. The average Bonchev–Trinajstić information content (AvgIpc) is 2.12. The molecule has 1 aliphatic rings. The van der Waals surface area contributed by atoms with Gasteiger partial charge in [0.25, 0.3) is 0 Å². The molecule has 9 heavy (non-hydrogen) atoms. The summed E-state index contributed by atoms with van der Waals surface area (Å²) < 4.78 is 0. The molecule has 0 aromatic heterocycles. The quantitative estimate of drug-likeness (QED) is 0.507. The van der Waals surface area contributed by atoms with Crippen molar-refractivity contribution in [1.82, 2.24) is 5.32 Å². The van der Waals surface area contributed by atoms with E-state index in [9.17, 15) is 0 Å². The summed E-state index contributed by atoms with van der Waals surface area (Å²) in [7, 11) is 0. The summed E-state index contributed by atoms with van der Waals surface area (Å²) in [5.41, 5.74) is 0. The van der Waals surface area contributed by atoms with Crippen molar-refractivity contribution in [2.75, 3.05) is 6.54 Å². The van der Waals surface area contributed by atoms with Gasteiger partial charge >= 0.3 is 0 Å². The maximum Gasteiger partial charge on any atom is 0.0249 e. The highest BCUT2D eigenvalue weighted by atomic mass is 15.0. The molecule has 0 amide bonds.